The van der Waals surface area contributed by atoms with Gasteiger partial charge < -0.3 is 5.11 Å². The predicted molar refractivity (Wildman–Crippen MR) is 53.8 cm³/mol. The number of nitro benzene ring substituents is 1. The van der Waals surface area contributed by atoms with Crippen LogP contribution in [0.15, 0.2) is 24.3 Å². The minimum absolute atomic E-state index is 0.00950. The Labute approximate surface area is 86.5 Å². The molecule has 0 spiro atoms. The first kappa shape index (κ1) is 11.2. The number of rotatable bonds is 4. The molecule has 0 radical (unpaired) electrons. The van der Waals surface area contributed by atoms with Crippen LogP contribution in [0.5, 0.6) is 0 Å². The van der Waals surface area contributed by atoms with Crippen LogP contribution in [0, 0.1) is 10.1 Å². The Hall–Kier alpha value is -1.91. The molecule has 0 aliphatic carbocycles. The Morgan fingerprint density at radius 2 is 2.27 bits per heavy atom. The molecule has 0 heterocycles. The van der Waals surface area contributed by atoms with E-state index in [4.69, 9.17) is 5.11 Å². The van der Waals surface area contributed by atoms with Gasteiger partial charge >= 0.3 is 5.97 Å². The predicted octanol–water partition coefficient (Wildman–Crippen LogP) is 2.17. The molecule has 1 aromatic carbocycles. The van der Waals surface area contributed by atoms with E-state index >= 15 is 0 Å². The lowest BCUT2D eigenvalue weighted by atomic mass is 9.97. The molecule has 0 aliphatic heterocycles. The molecule has 1 atom stereocenters. The highest BCUT2D eigenvalue weighted by Crippen LogP contribution is 2.22. The molecule has 0 saturated heterocycles. The van der Waals surface area contributed by atoms with Gasteiger partial charge in [0.2, 0.25) is 0 Å². The maximum Gasteiger partial charge on any atom is 0.303 e. The third kappa shape index (κ3) is 3.05. The highest BCUT2D eigenvalue weighted by atomic mass is 16.6. The molecular weight excluding hydrogens is 198 g/mol. The molecule has 1 aromatic rings. The summed E-state index contributed by atoms with van der Waals surface area (Å²) in [5.74, 6) is -1.13. The van der Waals surface area contributed by atoms with Crippen LogP contribution in [0.1, 0.15) is 24.8 Å². The van der Waals surface area contributed by atoms with Crippen LogP contribution in [0.3, 0.4) is 0 Å². The van der Waals surface area contributed by atoms with Crippen LogP contribution in [0.25, 0.3) is 0 Å². The van der Waals surface area contributed by atoms with Gasteiger partial charge in [0.1, 0.15) is 0 Å². The van der Waals surface area contributed by atoms with Crippen LogP contribution >= 0.6 is 0 Å². The average molecular weight is 209 g/mol. The van der Waals surface area contributed by atoms with Crippen LogP contribution in [0.4, 0.5) is 5.69 Å². The number of carboxylic acid groups (broad SMARTS) is 1. The van der Waals surface area contributed by atoms with E-state index in [-0.39, 0.29) is 18.0 Å². The number of nitro groups is 1. The van der Waals surface area contributed by atoms with Crippen molar-refractivity contribution in [2.75, 3.05) is 0 Å². The minimum Gasteiger partial charge on any atom is -0.481 e. The van der Waals surface area contributed by atoms with Crippen molar-refractivity contribution in [1.29, 1.82) is 0 Å². The average Bonchev–Trinajstić information content (AvgIpc) is 2.17. The van der Waals surface area contributed by atoms with E-state index in [9.17, 15) is 14.9 Å². The number of nitrogens with zero attached hydrogens (tertiary/aromatic N) is 1. The van der Waals surface area contributed by atoms with Crippen molar-refractivity contribution in [3.63, 3.8) is 0 Å². The van der Waals surface area contributed by atoms with Crippen molar-refractivity contribution in [2.24, 2.45) is 0 Å². The van der Waals surface area contributed by atoms with Crippen LogP contribution in [0.2, 0.25) is 0 Å². The Morgan fingerprint density at radius 1 is 1.60 bits per heavy atom. The first-order valence-electron chi connectivity index (χ1n) is 4.47. The highest BCUT2D eigenvalue weighted by molar-refractivity contribution is 5.68. The minimum atomic E-state index is -0.908. The van der Waals surface area contributed by atoms with Gasteiger partial charge in [-0.15, -0.1) is 0 Å². The third-order valence-corrected chi connectivity index (χ3v) is 2.13. The molecule has 5 heteroatoms. The van der Waals surface area contributed by atoms with Crippen LogP contribution in [-0.2, 0) is 4.79 Å². The Balaban J connectivity index is 2.89. The molecule has 0 bridgehead atoms. The van der Waals surface area contributed by atoms with Gasteiger partial charge in [-0.1, -0.05) is 19.1 Å². The van der Waals surface area contributed by atoms with Gasteiger partial charge in [-0.25, -0.2) is 0 Å². The summed E-state index contributed by atoms with van der Waals surface area (Å²) in [6.45, 7) is 1.73. The topological polar surface area (TPSA) is 80.4 Å². The number of carbonyl (C=O) groups is 1. The summed E-state index contributed by atoms with van der Waals surface area (Å²) in [6, 6.07) is 6.05. The molecule has 0 aromatic heterocycles. The number of non-ortho nitro benzene ring substituents is 1. The number of benzene rings is 1. The quantitative estimate of drug-likeness (QED) is 0.608. The summed E-state index contributed by atoms with van der Waals surface area (Å²) in [5, 5.41) is 19.1. The third-order valence-electron chi connectivity index (χ3n) is 2.13. The Morgan fingerprint density at radius 3 is 2.80 bits per heavy atom. The summed E-state index contributed by atoms with van der Waals surface area (Å²) >= 11 is 0. The van der Waals surface area contributed by atoms with Gasteiger partial charge in [0, 0.05) is 12.1 Å². The monoisotopic (exact) mass is 209 g/mol. The van der Waals surface area contributed by atoms with E-state index in [0.717, 1.165) is 0 Å². The first-order chi connectivity index (χ1) is 7.00. The fraction of sp³-hybridized carbons (Fsp3) is 0.300. The van der Waals surface area contributed by atoms with Crippen molar-refractivity contribution in [2.45, 2.75) is 19.3 Å². The molecule has 0 amide bonds. The van der Waals surface area contributed by atoms with Crippen LogP contribution < -0.4 is 0 Å². The molecule has 0 fully saturated rings. The van der Waals surface area contributed by atoms with E-state index in [1.165, 1.54) is 12.1 Å². The molecule has 0 aliphatic rings. The van der Waals surface area contributed by atoms with Gasteiger partial charge in [-0.3, -0.25) is 14.9 Å². The number of hydrogen-bond acceptors (Lipinski definition) is 3. The molecule has 15 heavy (non-hydrogen) atoms. The van der Waals surface area contributed by atoms with Crippen molar-refractivity contribution >= 4 is 11.7 Å². The van der Waals surface area contributed by atoms with Crippen molar-refractivity contribution < 1.29 is 14.8 Å². The van der Waals surface area contributed by atoms with E-state index < -0.39 is 10.9 Å². The summed E-state index contributed by atoms with van der Waals surface area (Å²) < 4.78 is 0. The van der Waals surface area contributed by atoms with Gasteiger partial charge in [-0.2, -0.15) is 0 Å². The fourth-order valence-electron chi connectivity index (χ4n) is 1.32. The van der Waals surface area contributed by atoms with E-state index in [0.29, 0.717) is 5.56 Å². The largest absolute Gasteiger partial charge is 0.481 e. The number of aliphatic carboxylic acids is 1. The van der Waals surface area contributed by atoms with E-state index in [2.05, 4.69) is 0 Å². The molecule has 1 rings (SSSR count). The zero-order valence-electron chi connectivity index (χ0n) is 8.21. The molecule has 0 saturated carbocycles. The lowest BCUT2D eigenvalue weighted by Gasteiger charge is -2.07. The second-order valence-electron chi connectivity index (χ2n) is 3.35. The zero-order chi connectivity index (χ0) is 11.4. The van der Waals surface area contributed by atoms with E-state index in [1.807, 2.05) is 0 Å². The summed E-state index contributed by atoms with van der Waals surface area (Å²) in [5.41, 5.74) is 0.663. The Bertz CT molecular complexity index is 389. The Kier molecular flexibility index (Phi) is 3.38. The molecule has 0 unspecified atom stereocenters. The summed E-state index contributed by atoms with van der Waals surface area (Å²) in [7, 11) is 0. The van der Waals surface area contributed by atoms with Crippen molar-refractivity contribution in [3.05, 3.63) is 39.9 Å². The second-order valence-corrected chi connectivity index (χ2v) is 3.35. The zero-order valence-corrected chi connectivity index (χ0v) is 8.21. The number of carboxylic acids is 1. The molecule has 1 N–H and O–H groups in total. The van der Waals surface area contributed by atoms with Gasteiger partial charge in [0.05, 0.1) is 11.3 Å². The first-order valence-corrected chi connectivity index (χ1v) is 4.47. The normalized spacial score (nSPS) is 12.1. The van der Waals surface area contributed by atoms with Crippen molar-refractivity contribution in [3.8, 4) is 0 Å². The van der Waals surface area contributed by atoms with Gasteiger partial charge in [0.15, 0.2) is 0 Å². The van der Waals surface area contributed by atoms with E-state index in [1.54, 1.807) is 19.1 Å². The fourth-order valence-corrected chi connectivity index (χ4v) is 1.32. The molecule has 5 nitrogen and oxygen atoms in total. The van der Waals surface area contributed by atoms with Crippen LogP contribution in [-0.4, -0.2) is 16.0 Å². The lowest BCUT2D eigenvalue weighted by molar-refractivity contribution is -0.384. The summed E-state index contributed by atoms with van der Waals surface area (Å²) in [4.78, 5) is 20.5. The highest BCUT2D eigenvalue weighted by Gasteiger charge is 2.13. The number of hydrogen-bond donors (Lipinski definition) is 1. The summed E-state index contributed by atoms with van der Waals surface area (Å²) in [6.07, 6.45) is -0.0266. The van der Waals surface area contributed by atoms with Gasteiger partial charge in [0.25, 0.3) is 5.69 Å². The van der Waals surface area contributed by atoms with Gasteiger partial charge in [-0.05, 0) is 11.5 Å². The maximum atomic E-state index is 10.5. The maximum absolute atomic E-state index is 10.5. The standard InChI is InChI=1S/C10H11NO4/c1-7(5-10(12)13)8-3-2-4-9(6-8)11(14)15/h2-4,6-7H,5H2,1H3,(H,12,13)/t7-/m1/s1. The second kappa shape index (κ2) is 4.54. The smallest absolute Gasteiger partial charge is 0.303 e. The molecule has 80 valence electrons. The lowest BCUT2D eigenvalue weighted by Crippen LogP contribution is -2.03. The molecular formula is C10H11NO4. The SMILES string of the molecule is C[C@H](CC(=O)O)c1cccc([N+](=O)[O-])c1. The van der Waals surface area contributed by atoms with Crippen molar-refractivity contribution in [1.82, 2.24) is 0 Å².